The number of amides is 1. The second-order valence-corrected chi connectivity index (χ2v) is 9.31. The molecule has 0 aromatic heterocycles. The van der Waals surface area contributed by atoms with E-state index in [9.17, 15) is 4.79 Å². The Balaban J connectivity index is 1.52. The summed E-state index contributed by atoms with van der Waals surface area (Å²) in [5, 5.41) is 0. The minimum absolute atomic E-state index is 0.106. The van der Waals surface area contributed by atoms with E-state index in [0.29, 0.717) is 38.1 Å². The van der Waals surface area contributed by atoms with Crippen LogP contribution in [0.2, 0.25) is 0 Å². The topological polar surface area (TPSA) is 42.0 Å². The maximum Gasteiger partial charge on any atom is 0.227 e. The van der Waals surface area contributed by atoms with E-state index < -0.39 is 0 Å². The Kier molecular flexibility index (Phi) is 6.45. The number of hydrogen-bond donors (Lipinski definition) is 0. The van der Waals surface area contributed by atoms with E-state index >= 15 is 0 Å². The van der Waals surface area contributed by atoms with Gasteiger partial charge in [0.15, 0.2) is 0 Å². The zero-order valence-electron chi connectivity index (χ0n) is 18.1. The molecule has 3 heterocycles. The predicted octanol–water partition coefficient (Wildman–Crippen LogP) is 3.71. The van der Waals surface area contributed by atoms with Crippen LogP contribution in [0.4, 0.5) is 0 Å². The Morgan fingerprint density at radius 2 is 2.07 bits per heavy atom. The van der Waals surface area contributed by atoms with Gasteiger partial charge in [0.25, 0.3) is 0 Å². The lowest BCUT2D eigenvalue weighted by Gasteiger charge is -2.40. The number of carbonyl (C=O) groups excluding carboxylic acids is 1. The van der Waals surface area contributed by atoms with Crippen LogP contribution in [0.25, 0.3) is 0 Å². The molecule has 0 saturated carbocycles. The first-order valence-electron chi connectivity index (χ1n) is 11.4. The summed E-state index contributed by atoms with van der Waals surface area (Å²) in [5.41, 5.74) is 0.808. The molecule has 29 heavy (non-hydrogen) atoms. The molecule has 1 spiro atoms. The Labute approximate surface area is 175 Å². The van der Waals surface area contributed by atoms with Crippen molar-refractivity contribution in [3.63, 3.8) is 0 Å². The van der Waals surface area contributed by atoms with Crippen molar-refractivity contribution in [2.45, 2.75) is 58.1 Å². The van der Waals surface area contributed by atoms with E-state index in [-0.39, 0.29) is 11.5 Å². The summed E-state index contributed by atoms with van der Waals surface area (Å²) >= 11 is 0. The zero-order valence-corrected chi connectivity index (χ0v) is 18.1. The standard InChI is InChI=1S/C24H36N2O3/c1-3-19(2)15-25-12-6-8-21(16-25)23(27)26-17-20-7-4-5-9-22(20)29-24(18-26)10-13-28-14-11-24/h4-5,7,9,19,21H,3,6,8,10-18H2,1-2H3/t19-,21-/m1/s1. The van der Waals surface area contributed by atoms with E-state index in [4.69, 9.17) is 9.47 Å². The molecule has 5 heteroatoms. The summed E-state index contributed by atoms with van der Waals surface area (Å²) < 4.78 is 12.2. The molecule has 2 saturated heterocycles. The lowest BCUT2D eigenvalue weighted by molar-refractivity contribution is -0.142. The Hall–Kier alpha value is -1.59. The first kappa shape index (κ1) is 20.7. The van der Waals surface area contributed by atoms with E-state index in [2.05, 4.69) is 35.8 Å². The summed E-state index contributed by atoms with van der Waals surface area (Å²) in [6.07, 6.45) is 5.00. The van der Waals surface area contributed by atoms with Crippen molar-refractivity contribution in [1.82, 2.24) is 9.80 Å². The van der Waals surface area contributed by atoms with Crippen LogP contribution in [0.1, 0.15) is 51.5 Å². The molecule has 160 valence electrons. The third-order valence-electron chi connectivity index (χ3n) is 6.98. The van der Waals surface area contributed by atoms with Gasteiger partial charge in [0.05, 0.1) is 25.7 Å². The van der Waals surface area contributed by atoms with Gasteiger partial charge in [-0.05, 0) is 31.4 Å². The van der Waals surface area contributed by atoms with Crippen molar-refractivity contribution < 1.29 is 14.3 Å². The molecule has 3 aliphatic rings. The highest BCUT2D eigenvalue weighted by Crippen LogP contribution is 2.36. The lowest BCUT2D eigenvalue weighted by Crippen LogP contribution is -2.53. The number of likely N-dealkylation sites (tertiary alicyclic amines) is 1. The van der Waals surface area contributed by atoms with Gasteiger partial charge in [0.2, 0.25) is 5.91 Å². The molecule has 3 aliphatic heterocycles. The normalized spacial score (nSPS) is 25.7. The van der Waals surface area contributed by atoms with Crippen LogP contribution in [0.3, 0.4) is 0 Å². The molecule has 1 aromatic rings. The van der Waals surface area contributed by atoms with Crippen LogP contribution in [-0.4, -0.2) is 60.7 Å². The van der Waals surface area contributed by atoms with E-state index in [0.717, 1.165) is 56.6 Å². The van der Waals surface area contributed by atoms with Crippen LogP contribution < -0.4 is 4.74 Å². The average molecular weight is 401 g/mol. The summed E-state index contributed by atoms with van der Waals surface area (Å²) in [6.45, 7) is 10.4. The molecule has 0 unspecified atom stereocenters. The van der Waals surface area contributed by atoms with Gasteiger partial charge in [-0.2, -0.15) is 0 Å². The largest absolute Gasteiger partial charge is 0.485 e. The molecule has 5 nitrogen and oxygen atoms in total. The van der Waals surface area contributed by atoms with Crippen molar-refractivity contribution in [2.75, 3.05) is 39.4 Å². The van der Waals surface area contributed by atoms with E-state index in [1.54, 1.807) is 0 Å². The highest BCUT2D eigenvalue weighted by molar-refractivity contribution is 5.79. The Morgan fingerprint density at radius 3 is 2.86 bits per heavy atom. The molecule has 1 amide bonds. The maximum atomic E-state index is 13.7. The van der Waals surface area contributed by atoms with Gasteiger partial charge in [0, 0.05) is 38.0 Å². The molecule has 0 N–H and O–H groups in total. The Morgan fingerprint density at radius 1 is 1.28 bits per heavy atom. The summed E-state index contributed by atoms with van der Waals surface area (Å²) in [4.78, 5) is 18.3. The van der Waals surface area contributed by atoms with E-state index in [1.807, 2.05) is 12.1 Å². The number of carbonyl (C=O) groups is 1. The SMILES string of the molecule is CC[C@@H](C)CN1CCC[C@@H](C(=O)N2Cc3ccccc3OC3(CCOCC3)C2)C1. The van der Waals surface area contributed by atoms with Crippen molar-refractivity contribution >= 4 is 5.91 Å². The quantitative estimate of drug-likeness (QED) is 0.773. The molecular weight excluding hydrogens is 364 g/mol. The highest BCUT2D eigenvalue weighted by Gasteiger charge is 2.42. The van der Waals surface area contributed by atoms with Gasteiger partial charge >= 0.3 is 0 Å². The zero-order chi connectivity index (χ0) is 20.3. The van der Waals surface area contributed by atoms with Crippen LogP contribution in [-0.2, 0) is 16.1 Å². The van der Waals surface area contributed by atoms with Gasteiger partial charge in [-0.15, -0.1) is 0 Å². The fraction of sp³-hybridized carbons (Fsp3) is 0.708. The molecule has 0 bridgehead atoms. The number of nitrogens with zero attached hydrogens (tertiary/aromatic N) is 2. The highest BCUT2D eigenvalue weighted by atomic mass is 16.5. The molecular formula is C24H36N2O3. The molecule has 0 radical (unpaired) electrons. The van der Waals surface area contributed by atoms with Gasteiger partial charge in [-0.1, -0.05) is 38.5 Å². The minimum Gasteiger partial charge on any atom is -0.485 e. The number of para-hydroxylation sites is 1. The van der Waals surface area contributed by atoms with Crippen LogP contribution in [0.5, 0.6) is 5.75 Å². The average Bonchev–Trinajstić information content (AvgIpc) is 2.90. The van der Waals surface area contributed by atoms with Crippen molar-refractivity contribution in [2.24, 2.45) is 11.8 Å². The summed E-state index contributed by atoms with van der Waals surface area (Å²) in [6, 6.07) is 8.22. The van der Waals surface area contributed by atoms with Crippen molar-refractivity contribution in [1.29, 1.82) is 0 Å². The summed E-state index contributed by atoms with van der Waals surface area (Å²) in [7, 11) is 0. The fourth-order valence-electron chi connectivity index (χ4n) is 5.02. The second kappa shape index (κ2) is 9.05. The lowest BCUT2D eigenvalue weighted by atomic mass is 9.91. The minimum atomic E-state index is -0.314. The smallest absolute Gasteiger partial charge is 0.227 e. The summed E-state index contributed by atoms with van der Waals surface area (Å²) in [5.74, 6) is 2.04. The molecule has 0 aliphatic carbocycles. The first-order chi connectivity index (χ1) is 14.1. The van der Waals surface area contributed by atoms with Crippen LogP contribution >= 0.6 is 0 Å². The third kappa shape index (κ3) is 4.77. The van der Waals surface area contributed by atoms with Crippen LogP contribution in [0, 0.1) is 11.8 Å². The third-order valence-corrected chi connectivity index (χ3v) is 6.98. The fourth-order valence-corrected chi connectivity index (χ4v) is 5.02. The molecule has 1 aromatic carbocycles. The number of hydrogen-bond acceptors (Lipinski definition) is 4. The number of benzene rings is 1. The molecule has 2 atom stereocenters. The van der Waals surface area contributed by atoms with Crippen LogP contribution in [0.15, 0.2) is 24.3 Å². The van der Waals surface area contributed by atoms with Gasteiger partial charge in [-0.25, -0.2) is 0 Å². The van der Waals surface area contributed by atoms with Gasteiger partial charge in [0.1, 0.15) is 11.4 Å². The number of piperidine rings is 1. The monoisotopic (exact) mass is 400 g/mol. The predicted molar refractivity (Wildman–Crippen MR) is 114 cm³/mol. The Bertz CT molecular complexity index is 701. The number of rotatable bonds is 4. The van der Waals surface area contributed by atoms with E-state index in [1.165, 1.54) is 6.42 Å². The number of fused-ring (bicyclic) bond motifs is 1. The maximum absolute atomic E-state index is 13.7. The van der Waals surface area contributed by atoms with Crippen molar-refractivity contribution in [3.05, 3.63) is 29.8 Å². The first-order valence-corrected chi connectivity index (χ1v) is 11.4. The molecule has 4 rings (SSSR count). The second-order valence-electron chi connectivity index (χ2n) is 9.31. The van der Waals surface area contributed by atoms with Gasteiger partial charge < -0.3 is 19.3 Å². The van der Waals surface area contributed by atoms with Gasteiger partial charge in [-0.3, -0.25) is 4.79 Å². The molecule has 2 fully saturated rings. The van der Waals surface area contributed by atoms with Crippen molar-refractivity contribution in [3.8, 4) is 5.75 Å². The number of ether oxygens (including phenoxy) is 2.